The van der Waals surface area contributed by atoms with Gasteiger partial charge in [0.05, 0.1) is 0 Å². The largest absolute Gasteiger partial charge is 0.355 e. The lowest BCUT2D eigenvalue weighted by atomic mass is 10.1. The molecule has 2 aromatic carbocycles. The zero-order valence-electron chi connectivity index (χ0n) is 12.8. The number of nitrogens with one attached hydrogen (secondary N) is 2. The Hall–Kier alpha value is -2.62. The van der Waals surface area contributed by atoms with Crippen LogP contribution in [-0.4, -0.2) is 18.9 Å². The first-order chi connectivity index (χ1) is 10.6. The molecule has 0 bridgehead atoms. The molecule has 0 aliphatic heterocycles. The third-order valence-corrected chi connectivity index (χ3v) is 3.42. The van der Waals surface area contributed by atoms with Gasteiger partial charge in [0.2, 0.25) is 5.91 Å². The van der Waals surface area contributed by atoms with E-state index < -0.39 is 0 Å². The Morgan fingerprint density at radius 1 is 0.955 bits per heavy atom. The molecule has 2 aromatic rings. The molecule has 22 heavy (non-hydrogen) atoms. The van der Waals surface area contributed by atoms with Crippen LogP contribution in [0.25, 0.3) is 0 Å². The smallest absolute Gasteiger partial charge is 0.251 e. The van der Waals surface area contributed by atoms with Crippen LogP contribution in [0.15, 0.2) is 48.5 Å². The normalized spacial score (nSPS) is 10.1. The van der Waals surface area contributed by atoms with Gasteiger partial charge in [0.1, 0.15) is 0 Å². The molecule has 0 radical (unpaired) electrons. The molecule has 0 aliphatic carbocycles. The highest BCUT2D eigenvalue weighted by molar-refractivity contribution is 5.95. The Labute approximate surface area is 130 Å². The van der Waals surface area contributed by atoms with Gasteiger partial charge in [-0.3, -0.25) is 9.59 Å². The van der Waals surface area contributed by atoms with Crippen LogP contribution in [0.1, 0.15) is 27.9 Å². The van der Waals surface area contributed by atoms with Crippen molar-refractivity contribution in [2.24, 2.45) is 0 Å². The molecular weight excluding hydrogens is 276 g/mol. The number of anilines is 1. The van der Waals surface area contributed by atoms with Crippen LogP contribution in [-0.2, 0) is 11.2 Å². The number of hydrogen-bond acceptors (Lipinski definition) is 2. The van der Waals surface area contributed by atoms with Gasteiger partial charge in [-0.1, -0.05) is 29.8 Å². The van der Waals surface area contributed by atoms with Crippen molar-refractivity contribution in [1.82, 2.24) is 5.32 Å². The summed E-state index contributed by atoms with van der Waals surface area (Å²) in [6.45, 7) is 2.04. The fourth-order valence-corrected chi connectivity index (χ4v) is 2.09. The van der Waals surface area contributed by atoms with Crippen molar-refractivity contribution in [2.75, 3.05) is 12.4 Å². The van der Waals surface area contributed by atoms with Gasteiger partial charge >= 0.3 is 0 Å². The molecule has 0 atom stereocenters. The second-order valence-corrected chi connectivity index (χ2v) is 5.19. The Balaban J connectivity index is 1.86. The molecule has 114 valence electrons. The van der Waals surface area contributed by atoms with E-state index in [1.54, 1.807) is 31.3 Å². The summed E-state index contributed by atoms with van der Waals surface area (Å²) in [4.78, 5) is 23.4. The maximum absolute atomic E-state index is 11.9. The second kappa shape index (κ2) is 7.41. The van der Waals surface area contributed by atoms with E-state index in [0.717, 1.165) is 5.56 Å². The van der Waals surface area contributed by atoms with Crippen LogP contribution in [0.3, 0.4) is 0 Å². The van der Waals surface area contributed by atoms with E-state index in [2.05, 4.69) is 10.6 Å². The third-order valence-electron chi connectivity index (χ3n) is 3.42. The van der Waals surface area contributed by atoms with E-state index in [4.69, 9.17) is 0 Å². The van der Waals surface area contributed by atoms with Crippen LogP contribution in [0, 0.1) is 6.92 Å². The first-order valence-electron chi connectivity index (χ1n) is 7.26. The fraction of sp³-hybridized carbons (Fsp3) is 0.222. The van der Waals surface area contributed by atoms with E-state index >= 15 is 0 Å². The Bertz CT molecular complexity index is 646. The van der Waals surface area contributed by atoms with Crippen LogP contribution in [0.5, 0.6) is 0 Å². The molecule has 4 nitrogen and oxygen atoms in total. The number of carbonyl (C=O) groups excluding carboxylic acids is 2. The Morgan fingerprint density at radius 2 is 1.59 bits per heavy atom. The zero-order valence-corrected chi connectivity index (χ0v) is 12.8. The molecule has 0 unspecified atom stereocenters. The van der Waals surface area contributed by atoms with Gasteiger partial charge in [0.15, 0.2) is 0 Å². The van der Waals surface area contributed by atoms with Crippen LogP contribution in [0.2, 0.25) is 0 Å². The molecule has 0 saturated carbocycles. The summed E-state index contributed by atoms with van der Waals surface area (Å²) in [5, 5.41) is 5.39. The quantitative estimate of drug-likeness (QED) is 0.891. The monoisotopic (exact) mass is 296 g/mol. The number of hydrogen-bond donors (Lipinski definition) is 2. The van der Waals surface area contributed by atoms with Gasteiger partial charge in [0, 0.05) is 24.7 Å². The lowest BCUT2D eigenvalue weighted by Gasteiger charge is -2.06. The minimum absolute atomic E-state index is 0.0340. The standard InChI is InChI=1S/C18H20N2O2/c1-13-3-5-14(6-4-13)7-12-17(21)20-16-10-8-15(9-11-16)18(22)19-2/h3-6,8-11H,7,12H2,1-2H3,(H,19,22)(H,20,21). The first kappa shape index (κ1) is 15.8. The van der Waals surface area contributed by atoms with Crippen molar-refractivity contribution < 1.29 is 9.59 Å². The van der Waals surface area contributed by atoms with Gasteiger partial charge in [-0.2, -0.15) is 0 Å². The zero-order chi connectivity index (χ0) is 15.9. The molecule has 2 N–H and O–H groups in total. The molecule has 0 saturated heterocycles. The lowest BCUT2D eigenvalue weighted by molar-refractivity contribution is -0.116. The number of benzene rings is 2. The summed E-state index contributed by atoms with van der Waals surface area (Å²) < 4.78 is 0. The molecule has 2 rings (SSSR count). The molecule has 0 spiro atoms. The van der Waals surface area contributed by atoms with Gasteiger partial charge in [-0.05, 0) is 43.2 Å². The minimum Gasteiger partial charge on any atom is -0.355 e. The predicted octanol–water partition coefficient (Wildman–Crippen LogP) is 2.93. The molecular formula is C18H20N2O2. The maximum atomic E-state index is 11.9. The van der Waals surface area contributed by atoms with E-state index in [1.165, 1.54) is 5.56 Å². The number of rotatable bonds is 5. The summed E-state index contributed by atoms with van der Waals surface area (Å²) >= 11 is 0. The highest BCUT2D eigenvalue weighted by Gasteiger charge is 2.05. The SMILES string of the molecule is CNC(=O)c1ccc(NC(=O)CCc2ccc(C)cc2)cc1. The summed E-state index contributed by atoms with van der Waals surface area (Å²) in [6.07, 6.45) is 1.14. The molecule has 2 amide bonds. The van der Waals surface area contributed by atoms with Gasteiger partial charge in [0.25, 0.3) is 5.91 Å². The van der Waals surface area contributed by atoms with Gasteiger partial charge < -0.3 is 10.6 Å². The highest BCUT2D eigenvalue weighted by atomic mass is 16.2. The summed E-state index contributed by atoms with van der Waals surface area (Å²) in [7, 11) is 1.59. The second-order valence-electron chi connectivity index (χ2n) is 5.19. The predicted molar refractivity (Wildman–Crippen MR) is 88.0 cm³/mol. The van der Waals surface area contributed by atoms with Crippen molar-refractivity contribution in [3.63, 3.8) is 0 Å². The van der Waals surface area contributed by atoms with Crippen molar-refractivity contribution in [3.8, 4) is 0 Å². The van der Waals surface area contributed by atoms with Gasteiger partial charge in [-0.15, -0.1) is 0 Å². The summed E-state index contributed by atoms with van der Waals surface area (Å²) in [6, 6.07) is 15.0. The van der Waals surface area contributed by atoms with E-state index in [0.29, 0.717) is 24.1 Å². The van der Waals surface area contributed by atoms with Gasteiger partial charge in [-0.25, -0.2) is 0 Å². The number of aryl methyl sites for hydroxylation is 2. The fourth-order valence-electron chi connectivity index (χ4n) is 2.09. The van der Waals surface area contributed by atoms with Crippen molar-refractivity contribution in [1.29, 1.82) is 0 Å². The summed E-state index contributed by atoms with van der Waals surface area (Å²) in [5.41, 5.74) is 3.63. The summed E-state index contributed by atoms with van der Waals surface area (Å²) in [5.74, 6) is -0.175. The van der Waals surface area contributed by atoms with Crippen molar-refractivity contribution in [2.45, 2.75) is 19.8 Å². The lowest BCUT2D eigenvalue weighted by Crippen LogP contribution is -2.18. The molecule has 4 heteroatoms. The van der Waals surface area contributed by atoms with Crippen molar-refractivity contribution in [3.05, 3.63) is 65.2 Å². The van der Waals surface area contributed by atoms with Crippen LogP contribution >= 0.6 is 0 Å². The average molecular weight is 296 g/mol. The van der Waals surface area contributed by atoms with E-state index in [9.17, 15) is 9.59 Å². The first-order valence-corrected chi connectivity index (χ1v) is 7.26. The van der Waals surface area contributed by atoms with Crippen LogP contribution in [0.4, 0.5) is 5.69 Å². The minimum atomic E-state index is -0.141. The maximum Gasteiger partial charge on any atom is 0.251 e. The molecule has 0 aromatic heterocycles. The topological polar surface area (TPSA) is 58.2 Å². The van der Waals surface area contributed by atoms with Crippen LogP contribution < -0.4 is 10.6 Å². The Kier molecular flexibility index (Phi) is 5.31. The highest BCUT2D eigenvalue weighted by Crippen LogP contribution is 2.11. The number of carbonyl (C=O) groups is 2. The molecule has 0 aliphatic rings. The van der Waals surface area contributed by atoms with Crippen molar-refractivity contribution >= 4 is 17.5 Å². The number of amides is 2. The molecule has 0 fully saturated rings. The third kappa shape index (κ3) is 4.45. The van der Waals surface area contributed by atoms with E-state index in [1.807, 2.05) is 31.2 Å². The van der Waals surface area contributed by atoms with E-state index in [-0.39, 0.29) is 11.8 Å². The molecule has 0 heterocycles. The Morgan fingerprint density at radius 3 is 2.18 bits per heavy atom. The average Bonchev–Trinajstić information content (AvgIpc) is 2.54.